The van der Waals surface area contributed by atoms with E-state index in [2.05, 4.69) is 71.9 Å². The van der Waals surface area contributed by atoms with Crippen LogP contribution in [0.15, 0.2) is 60.8 Å². The molecule has 0 bridgehead atoms. The second kappa shape index (κ2) is 10.7. The van der Waals surface area contributed by atoms with Gasteiger partial charge < -0.3 is 15.2 Å². The van der Waals surface area contributed by atoms with Crippen LogP contribution in [0, 0.1) is 6.92 Å². The van der Waals surface area contributed by atoms with Gasteiger partial charge in [-0.2, -0.15) is 5.10 Å². The van der Waals surface area contributed by atoms with Crippen LogP contribution in [0.1, 0.15) is 16.7 Å². The molecule has 1 aromatic heterocycles. The second-order valence-electron chi connectivity index (χ2n) is 8.25. The fourth-order valence-electron chi connectivity index (χ4n) is 4.00. The zero-order valence-electron chi connectivity index (χ0n) is 18.2. The largest absolute Gasteiger partial charge is 0.390 e. The van der Waals surface area contributed by atoms with Gasteiger partial charge >= 0.3 is 0 Å². The first-order valence-corrected chi connectivity index (χ1v) is 11.0. The van der Waals surface area contributed by atoms with Gasteiger partial charge in [-0.05, 0) is 18.6 Å². The lowest BCUT2D eigenvalue weighted by atomic mass is 10.1. The van der Waals surface area contributed by atoms with Crippen LogP contribution in [-0.4, -0.2) is 65.3 Å². The summed E-state index contributed by atoms with van der Waals surface area (Å²) < 4.78 is 7.39. The predicted octanol–water partition coefficient (Wildman–Crippen LogP) is 2.69. The number of hydrogen-bond donors (Lipinski definition) is 2. The van der Waals surface area contributed by atoms with Gasteiger partial charge in [0.05, 0.1) is 31.6 Å². The van der Waals surface area contributed by atoms with Gasteiger partial charge in [0.15, 0.2) is 0 Å². The Morgan fingerprint density at radius 1 is 1.10 bits per heavy atom. The molecule has 1 fully saturated rings. The summed E-state index contributed by atoms with van der Waals surface area (Å²) in [6.07, 6.45) is 1.71. The van der Waals surface area contributed by atoms with Gasteiger partial charge in [0.25, 0.3) is 0 Å². The van der Waals surface area contributed by atoms with Gasteiger partial charge in [-0.3, -0.25) is 9.58 Å². The minimum absolute atomic E-state index is 0.403. The van der Waals surface area contributed by atoms with Crippen molar-refractivity contribution in [2.24, 2.45) is 0 Å². The quantitative estimate of drug-likeness (QED) is 0.557. The molecule has 164 valence electrons. The smallest absolute Gasteiger partial charge is 0.0968 e. The van der Waals surface area contributed by atoms with E-state index >= 15 is 0 Å². The number of rotatable bonds is 9. The fourth-order valence-corrected chi connectivity index (χ4v) is 4.00. The Morgan fingerprint density at radius 3 is 2.68 bits per heavy atom. The number of aliphatic hydroxyl groups excluding tert-OH is 1. The first-order chi connectivity index (χ1) is 15.2. The fraction of sp³-hybridized carbons (Fsp3) is 0.400. The third kappa shape index (κ3) is 6.24. The number of nitrogens with one attached hydrogen (secondary N) is 1. The van der Waals surface area contributed by atoms with E-state index in [0.29, 0.717) is 19.6 Å². The normalized spacial score (nSPS) is 15.8. The molecule has 0 saturated carbocycles. The second-order valence-corrected chi connectivity index (χ2v) is 8.25. The van der Waals surface area contributed by atoms with E-state index < -0.39 is 6.10 Å². The van der Waals surface area contributed by atoms with Crippen molar-refractivity contribution in [1.29, 1.82) is 0 Å². The first kappa shape index (κ1) is 21.7. The number of hydrogen-bond acceptors (Lipinski definition) is 5. The lowest BCUT2D eigenvalue weighted by Gasteiger charge is -2.28. The monoisotopic (exact) mass is 420 g/mol. The highest BCUT2D eigenvalue weighted by atomic mass is 16.5. The van der Waals surface area contributed by atoms with Crippen molar-refractivity contribution in [3.63, 3.8) is 0 Å². The molecule has 0 amide bonds. The van der Waals surface area contributed by atoms with Crippen LogP contribution >= 0.6 is 0 Å². The molecule has 1 atom stereocenters. The van der Waals surface area contributed by atoms with Crippen molar-refractivity contribution >= 4 is 0 Å². The van der Waals surface area contributed by atoms with Crippen LogP contribution in [0.3, 0.4) is 0 Å². The molecule has 0 aliphatic carbocycles. The zero-order valence-corrected chi connectivity index (χ0v) is 18.2. The summed E-state index contributed by atoms with van der Waals surface area (Å²) >= 11 is 0. The lowest BCUT2D eigenvalue weighted by molar-refractivity contribution is 0.0149. The molecule has 0 radical (unpaired) electrons. The van der Waals surface area contributed by atoms with Gasteiger partial charge in [-0.15, -0.1) is 0 Å². The molecule has 6 nitrogen and oxygen atoms in total. The SMILES string of the molecule is Cc1cccc(-c2nn(Cc3ccccc3)cc2CNC[C@H](O)CN2CCOCC2)c1. The van der Waals surface area contributed by atoms with E-state index in [9.17, 15) is 5.11 Å². The predicted molar refractivity (Wildman–Crippen MR) is 123 cm³/mol. The van der Waals surface area contributed by atoms with Gasteiger partial charge in [0.1, 0.15) is 0 Å². The van der Waals surface area contributed by atoms with Crippen LogP contribution in [0.25, 0.3) is 11.3 Å². The summed E-state index contributed by atoms with van der Waals surface area (Å²) in [4.78, 5) is 2.26. The number of aryl methyl sites for hydroxylation is 1. The minimum atomic E-state index is -0.403. The Morgan fingerprint density at radius 2 is 1.90 bits per heavy atom. The highest BCUT2D eigenvalue weighted by molar-refractivity contribution is 5.63. The van der Waals surface area contributed by atoms with Crippen LogP contribution < -0.4 is 5.32 Å². The molecule has 4 rings (SSSR count). The number of benzene rings is 2. The number of aromatic nitrogens is 2. The molecule has 31 heavy (non-hydrogen) atoms. The van der Waals surface area contributed by atoms with Crippen molar-refractivity contribution < 1.29 is 9.84 Å². The standard InChI is InChI=1S/C25H32N4O2/c1-20-6-5-9-22(14-20)25-23(18-29(27-25)17-21-7-3-2-4-8-21)15-26-16-24(30)19-28-10-12-31-13-11-28/h2-9,14,18,24,26,30H,10-13,15-17,19H2,1H3/t24-/m0/s1. The average molecular weight is 421 g/mol. The molecule has 6 heteroatoms. The summed E-state index contributed by atoms with van der Waals surface area (Å²) in [6.45, 7) is 8.01. The Balaban J connectivity index is 1.43. The van der Waals surface area contributed by atoms with Crippen LogP contribution in [-0.2, 0) is 17.8 Å². The maximum Gasteiger partial charge on any atom is 0.0968 e. The molecule has 0 spiro atoms. The van der Waals surface area contributed by atoms with E-state index in [4.69, 9.17) is 9.84 Å². The van der Waals surface area contributed by atoms with Crippen molar-refractivity contribution in [3.8, 4) is 11.3 Å². The number of β-amino-alcohol motifs (C(OH)–C–C–N with tert-alkyl or cyclic N) is 1. The van der Waals surface area contributed by atoms with Crippen molar-refractivity contribution in [2.75, 3.05) is 39.4 Å². The molecule has 2 heterocycles. The summed E-state index contributed by atoms with van der Waals surface area (Å²) in [5.41, 5.74) is 5.70. The van der Waals surface area contributed by atoms with Gasteiger partial charge in [-0.1, -0.05) is 54.1 Å². The summed E-state index contributed by atoms with van der Waals surface area (Å²) in [7, 11) is 0. The Bertz CT molecular complexity index is 951. The third-order valence-electron chi connectivity index (χ3n) is 5.58. The summed E-state index contributed by atoms with van der Waals surface area (Å²) in [6, 6.07) is 18.8. The lowest BCUT2D eigenvalue weighted by Crippen LogP contribution is -2.43. The molecule has 3 aromatic rings. The van der Waals surface area contributed by atoms with Gasteiger partial charge in [0, 0.05) is 50.0 Å². The van der Waals surface area contributed by atoms with E-state index in [1.165, 1.54) is 11.1 Å². The number of ether oxygens (including phenoxy) is 1. The Labute approximate surface area is 184 Å². The summed E-state index contributed by atoms with van der Waals surface area (Å²) in [5.74, 6) is 0. The van der Waals surface area contributed by atoms with Crippen LogP contribution in [0.2, 0.25) is 0 Å². The Kier molecular flexibility index (Phi) is 7.48. The molecule has 1 aliphatic heterocycles. The highest BCUT2D eigenvalue weighted by Crippen LogP contribution is 2.23. The molecule has 2 N–H and O–H groups in total. The van der Waals surface area contributed by atoms with Crippen LogP contribution in [0.5, 0.6) is 0 Å². The van der Waals surface area contributed by atoms with Crippen molar-refractivity contribution in [2.45, 2.75) is 26.1 Å². The van der Waals surface area contributed by atoms with E-state index in [0.717, 1.165) is 49.7 Å². The van der Waals surface area contributed by atoms with E-state index in [-0.39, 0.29) is 0 Å². The van der Waals surface area contributed by atoms with Crippen molar-refractivity contribution in [3.05, 3.63) is 77.5 Å². The third-order valence-corrected chi connectivity index (χ3v) is 5.58. The van der Waals surface area contributed by atoms with Gasteiger partial charge in [0.2, 0.25) is 0 Å². The summed E-state index contributed by atoms with van der Waals surface area (Å²) in [5, 5.41) is 18.8. The van der Waals surface area contributed by atoms with Crippen LogP contribution in [0.4, 0.5) is 0 Å². The number of morpholine rings is 1. The average Bonchev–Trinajstić information content (AvgIpc) is 3.17. The number of nitrogens with zero attached hydrogens (tertiary/aromatic N) is 3. The topological polar surface area (TPSA) is 62.5 Å². The molecule has 2 aromatic carbocycles. The van der Waals surface area contributed by atoms with E-state index in [1.807, 2.05) is 10.7 Å². The minimum Gasteiger partial charge on any atom is -0.390 e. The van der Waals surface area contributed by atoms with Gasteiger partial charge in [-0.25, -0.2) is 0 Å². The first-order valence-electron chi connectivity index (χ1n) is 11.0. The molecule has 1 aliphatic rings. The molecular weight excluding hydrogens is 388 g/mol. The maximum atomic E-state index is 10.4. The molecule has 1 saturated heterocycles. The zero-order chi connectivity index (χ0) is 21.5. The van der Waals surface area contributed by atoms with Crippen molar-refractivity contribution in [1.82, 2.24) is 20.0 Å². The number of aliphatic hydroxyl groups is 1. The maximum absolute atomic E-state index is 10.4. The molecule has 0 unspecified atom stereocenters. The highest BCUT2D eigenvalue weighted by Gasteiger charge is 2.16. The molecular formula is C25H32N4O2. The Hall–Kier alpha value is -2.51. The van der Waals surface area contributed by atoms with E-state index in [1.54, 1.807) is 0 Å².